The van der Waals surface area contributed by atoms with Crippen LogP contribution in [0.4, 0.5) is 0 Å². The summed E-state index contributed by atoms with van der Waals surface area (Å²) in [4.78, 5) is 26.4. The molecule has 4 rings (SSSR count). The van der Waals surface area contributed by atoms with Crippen LogP contribution in [0.5, 0.6) is 0 Å². The molecule has 0 saturated carbocycles. The third-order valence-corrected chi connectivity index (χ3v) is 7.12. The molecule has 0 spiro atoms. The van der Waals surface area contributed by atoms with E-state index in [1.165, 1.54) is 12.1 Å². The number of sulfonamides is 1. The number of carbonyl (C=O) groups is 2. The lowest BCUT2D eigenvalue weighted by atomic mass is 10.0. The van der Waals surface area contributed by atoms with Crippen LogP contribution in [0.3, 0.4) is 0 Å². The quantitative estimate of drug-likeness (QED) is 0.427. The number of carbonyl (C=O) groups excluding carboxylic acids is 2. The summed E-state index contributed by atoms with van der Waals surface area (Å²) in [6.07, 6.45) is 0. The van der Waals surface area contributed by atoms with E-state index in [2.05, 4.69) is 0 Å². The van der Waals surface area contributed by atoms with E-state index in [9.17, 15) is 18.0 Å². The van der Waals surface area contributed by atoms with Crippen molar-refractivity contribution in [1.29, 1.82) is 0 Å². The molecule has 0 fully saturated rings. The van der Waals surface area contributed by atoms with Gasteiger partial charge in [0.1, 0.15) is 5.70 Å². The van der Waals surface area contributed by atoms with E-state index in [0.717, 1.165) is 9.87 Å². The van der Waals surface area contributed by atoms with Gasteiger partial charge in [0.05, 0.1) is 10.5 Å². The number of benzene rings is 3. The van der Waals surface area contributed by atoms with Crippen LogP contribution in [0.15, 0.2) is 89.5 Å². The molecule has 0 saturated heterocycles. The summed E-state index contributed by atoms with van der Waals surface area (Å²) in [7, 11) is -4.01. The molecule has 7 heteroatoms. The molecule has 0 amide bonds. The number of allylic oxidation sites excluding steroid dienone is 1. The Bertz CT molecular complexity index is 1330. The number of esters is 1. The van der Waals surface area contributed by atoms with Crippen LogP contribution in [-0.4, -0.2) is 31.0 Å². The van der Waals surface area contributed by atoms with Crippen molar-refractivity contribution in [3.8, 4) is 0 Å². The number of likely N-dealkylation sites (N-methyl/N-ethyl adjacent to an activating group) is 1. The van der Waals surface area contributed by atoms with E-state index in [0.29, 0.717) is 11.1 Å². The average Bonchev–Trinajstić information content (AvgIpc) is 2.81. The Morgan fingerprint density at radius 3 is 2.12 bits per heavy atom. The topological polar surface area (TPSA) is 80.8 Å². The van der Waals surface area contributed by atoms with Gasteiger partial charge in [-0.3, -0.25) is 9.10 Å². The largest absolute Gasteiger partial charge is 0.420 e. The molecule has 0 N–H and O–H groups in total. The van der Waals surface area contributed by atoms with Gasteiger partial charge in [-0.05, 0) is 38.1 Å². The molecule has 0 atom stereocenters. The molecule has 6 nitrogen and oxygen atoms in total. The highest BCUT2D eigenvalue weighted by Gasteiger charge is 2.41. The number of ketones is 1. The third kappa shape index (κ3) is 3.71. The second kappa shape index (κ2) is 8.43. The highest BCUT2D eigenvalue weighted by molar-refractivity contribution is 7.89. The number of nitrogens with zero attached hydrogens (tertiary/aromatic N) is 1. The summed E-state index contributed by atoms with van der Waals surface area (Å²) in [5.74, 6) is -1.29. The Hall–Kier alpha value is -3.71. The minimum Gasteiger partial charge on any atom is -0.420 e. The van der Waals surface area contributed by atoms with Crippen LogP contribution in [0.1, 0.15) is 38.8 Å². The molecule has 0 bridgehead atoms. The van der Waals surface area contributed by atoms with Gasteiger partial charge in [0, 0.05) is 17.7 Å². The summed E-state index contributed by atoms with van der Waals surface area (Å²) >= 11 is 0. The first-order valence-corrected chi connectivity index (χ1v) is 11.5. The second-order valence-corrected chi connectivity index (χ2v) is 9.13. The number of fused-ring (bicyclic) bond motifs is 1. The number of aryl methyl sites for hydroxylation is 1. The number of ether oxygens (including phenoxy) is 1. The Balaban J connectivity index is 1.94. The predicted molar refractivity (Wildman–Crippen MR) is 120 cm³/mol. The molecule has 32 heavy (non-hydrogen) atoms. The van der Waals surface area contributed by atoms with Crippen molar-refractivity contribution in [3.05, 3.63) is 107 Å². The fourth-order valence-electron chi connectivity index (χ4n) is 3.57. The van der Waals surface area contributed by atoms with Crippen molar-refractivity contribution >= 4 is 27.5 Å². The van der Waals surface area contributed by atoms with Crippen LogP contribution in [0.25, 0.3) is 5.76 Å². The number of rotatable bonds is 5. The van der Waals surface area contributed by atoms with E-state index < -0.39 is 21.8 Å². The van der Waals surface area contributed by atoms with Crippen LogP contribution in [-0.2, 0) is 14.8 Å². The average molecular weight is 448 g/mol. The Morgan fingerprint density at radius 1 is 0.844 bits per heavy atom. The zero-order valence-electron chi connectivity index (χ0n) is 17.6. The normalized spacial score (nSPS) is 14.6. The number of hydrogen-bond acceptors (Lipinski definition) is 5. The van der Waals surface area contributed by atoms with Crippen LogP contribution in [0, 0.1) is 6.92 Å². The highest BCUT2D eigenvalue weighted by Crippen LogP contribution is 2.39. The Kier molecular flexibility index (Phi) is 5.67. The van der Waals surface area contributed by atoms with Crippen molar-refractivity contribution in [2.75, 3.05) is 6.54 Å². The summed E-state index contributed by atoms with van der Waals surface area (Å²) in [6, 6.07) is 21.3. The minimum atomic E-state index is -4.01. The highest BCUT2D eigenvalue weighted by atomic mass is 32.2. The summed E-state index contributed by atoms with van der Waals surface area (Å²) in [5.41, 5.74) is 1.56. The lowest BCUT2D eigenvalue weighted by molar-refractivity contribution is 0.0685. The van der Waals surface area contributed by atoms with Crippen molar-refractivity contribution in [3.63, 3.8) is 0 Å². The maximum absolute atomic E-state index is 13.5. The maximum Gasteiger partial charge on any atom is 0.343 e. The van der Waals surface area contributed by atoms with Crippen molar-refractivity contribution in [1.82, 2.24) is 4.31 Å². The molecule has 3 aromatic carbocycles. The van der Waals surface area contributed by atoms with Crippen LogP contribution in [0.2, 0.25) is 0 Å². The maximum atomic E-state index is 13.5. The van der Waals surface area contributed by atoms with E-state index in [4.69, 9.17) is 4.74 Å². The van der Waals surface area contributed by atoms with Gasteiger partial charge >= 0.3 is 5.97 Å². The minimum absolute atomic E-state index is 0.00381. The first kappa shape index (κ1) is 21.5. The molecular weight excluding hydrogens is 426 g/mol. The fourth-order valence-corrected chi connectivity index (χ4v) is 5.25. The number of hydrogen-bond donors (Lipinski definition) is 0. The van der Waals surface area contributed by atoms with Gasteiger partial charge in [-0.1, -0.05) is 60.2 Å². The molecule has 1 aliphatic heterocycles. The van der Waals surface area contributed by atoms with Gasteiger partial charge in [-0.2, -0.15) is 0 Å². The number of Topliss-reactive ketones (excluding diaryl/α,β-unsaturated/α-hetero) is 1. The van der Waals surface area contributed by atoms with E-state index >= 15 is 0 Å². The first-order chi connectivity index (χ1) is 15.3. The Labute approximate surface area is 186 Å². The van der Waals surface area contributed by atoms with Gasteiger partial charge in [-0.25, -0.2) is 13.2 Å². The first-order valence-electron chi connectivity index (χ1n) is 10.1. The smallest absolute Gasteiger partial charge is 0.343 e. The van der Waals surface area contributed by atoms with Crippen LogP contribution < -0.4 is 0 Å². The molecule has 0 radical (unpaired) electrons. The van der Waals surface area contributed by atoms with Gasteiger partial charge in [0.2, 0.25) is 5.78 Å². The van der Waals surface area contributed by atoms with Crippen molar-refractivity contribution in [2.45, 2.75) is 18.7 Å². The SMILES string of the molecule is CCN1C(C(=O)c2ccccc2)=C(OC(=O)c2ccc(C)cc2)c2ccccc2S1(=O)=O. The molecule has 0 aliphatic carbocycles. The molecule has 0 aromatic heterocycles. The van der Waals surface area contributed by atoms with Crippen LogP contribution >= 0.6 is 0 Å². The zero-order chi connectivity index (χ0) is 22.9. The molecule has 3 aromatic rings. The molecule has 162 valence electrons. The van der Waals surface area contributed by atoms with E-state index in [-0.39, 0.29) is 28.5 Å². The third-order valence-electron chi connectivity index (χ3n) is 5.18. The van der Waals surface area contributed by atoms with Gasteiger partial charge in [0.15, 0.2) is 5.76 Å². The lowest BCUT2D eigenvalue weighted by Gasteiger charge is -2.32. The van der Waals surface area contributed by atoms with Gasteiger partial charge < -0.3 is 4.74 Å². The molecular formula is C25H21NO5S. The van der Waals surface area contributed by atoms with E-state index in [1.54, 1.807) is 73.7 Å². The predicted octanol–water partition coefficient (Wildman–Crippen LogP) is 4.43. The lowest BCUT2D eigenvalue weighted by Crippen LogP contribution is -2.38. The zero-order valence-corrected chi connectivity index (χ0v) is 18.4. The van der Waals surface area contributed by atoms with Crippen molar-refractivity contribution in [2.24, 2.45) is 0 Å². The molecule has 0 unspecified atom stereocenters. The monoisotopic (exact) mass is 447 g/mol. The van der Waals surface area contributed by atoms with Gasteiger partial charge in [0.25, 0.3) is 10.0 Å². The second-order valence-electron chi connectivity index (χ2n) is 7.29. The van der Waals surface area contributed by atoms with Crippen molar-refractivity contribution < 1.29 is 22.7 Å². The molecule has 1 aliphatic rings. The summed E-state index contributed by atoms with van der Waals surface area (Å²) in [5, 5.41) is 0. The van der Waals surface area contributed by atoms with Gasteiger partial charge in [-0.15, -0.1) is 0 Å². The standard InChI is InChI=1S/C25H21NO5S/c1-3-26-22(23(27)18-9-5-4-6-10-18)24(20-11-7-8-12-21(20)32(26,29)30)31-25(28)19-15-13-17(2)14-16-19/h4-16H,3H2,1-2H3. The summed E-state index contributed by atoms with van der Waals surface area (Å²) in [6.45, 7) is 3.52. The fraction of sp³-hybridized carbons (Fsp3) is 0.120. The Morgan fingerprint density at radius 2 is 1.47 bits per heavy atom. The van der Waals surface area contributed by atoms with E-state index in [1.807, 2.05) is 6.92 Å². The molecule has 1 heterocycles. The summed E-state index contributed by atoms with van der Waals surface area (Å²) < 4.78 is 33.4.